The normalized spacial score (nSPS) is 12.1. The van der Waals surface area contributed by atoms with Gasteiger partial charge in [-0.1, -0.05) is 18.2 Å². The third-order valence-electron chi connectivity index (χ3n) is 3.41. The van der Waals surface area contributed by atoms with Crippen LogP contribution < -0.4 is 15.2 Å². The number of hydrogen-bond donors (Lipinski definition) is 1. The minimum atomic E-state index is -0.919. The summed E-state index contributed by atoms with van der Waals surface area (Å²) in [6, 6.07) is 7.24. The van der Waals surface area contributed by atoms with Gasteiger partial charge in [0.2, 0.25) is 0 Å². The maximum absolute atomic E-state index is 14.0. The van der Waals surface area contributed by atoms with Crippen LogP contribution >= 0.6 is 0 Å². The molecule has 1 unspecified atom stereocenters. The van der Waals surface area contributed by atoms with Crippen molar-refractivity contribution in [3.63, 3.8) is 0 Å². The number of aryl methyl sites for hydroxylation is 1. The van der Waals surface area contributed by atoms with Crippen LogP contribution in [0.5, 0.6) is 11.5 Å². The van der Waals surface area contributed by atoms with Gasteiger partial charge in [-0.25, -0.2) is 8.78 Å². The van der Waals surface area contributed by atoms with Crippen molar-refractivity contribution >= 4 is 0 Å². The highest BCUT2D eigenvalue weighted by Crippen LogP contribution is 2.32. The van der Waals surface area contributed by atoms with E-state index in [4.69, 9.17) is 15.2 Å². The van der Waals surface area contributed by atoms with E-state index < -0.39 is 17.7 Å². The lowest BCUT2D eigenvalue weighted by molar-refractivity contribution is 0.354. The summed E-state index contributed by atoms with van der Waals surface area (Å²) >= 11 is 0. The first-order valence-electron chi connectivity index (χ1n) is 6.41. The van der Waals surface area contributed by atoms with Gasteiger partial charge in [-0.15, -0.1) is 0 Å². The molecule has 0 heterocycles. The molecule has 0 amide bonds. The van der Waals surface area contributed by atoms with E-state index >= 15 is 0 Å². The van der Waals surface area contributed by atoms with Crippen molar-refractivity contribution in [3.8, 4) is 11.5 Å². The Morgan fingerprint density at radius 1 is 0.952 bits per heavy atom. The molecule has 2 N–H and O–H groups in total. The number of rotatable bonds is 4. The number of benzene rings is 2. The molecule has 0 bridgehead atoms. The molecule has 0 saturated carbocycles. The molecule has 0 aromatic heterocycles. The van der Waals surface area contributed by atoms with Crippen LogP contribution in [-0.2, 0) is 0 Å². The summed E-state index contributed by atoms with van der Waals surface area (Å²) < 4.78 is 38.0. The van der Waals surface area contributed by atoms with Crippen LogP contribution in [0.3, 0.4) is 0 Å². The molecule has 2 aromatic rings. The molecule has 0 saturated heterocycles. The quantitative estimate of drug-likeness (QED) is 0.940. The monoisotopic (exact) mass is 293 g/mol. The van der Waals surface area contributed by atoms with Crippen LogP contribution in [0, 0.1) is 18.6 Å². The second-order valence-electron chi connectivity index (χ2n) is 4.69. The molecular weight excluding hydrogens is 276 g/mol. The van der Waals surface area contributed by atoms with Gasteiger partial charge in [0, 0.05) is 5.56 Å². The van der Waals surface area contributed by atoms with Crippen LogP contribution in [0.1, 0.15) is 22.7 Å². The lowest BCUT2D eigenvalue weighted by Crippen LogP contribution is -2.15. The van der Waals surface area contributed by atoms with Crippen LogP contribution in [0.2, 0.25) is 0 Å². The molecule has 0 fully saturated rings. The highest BCUT2D eigenvalue weighted by atomic mass is 19.2. The average Bonchev–Trinajstić information content (AvgIpc) is 2.51. The van der Waals surface area contributed by atoms with Gasteiger partial charge in [-0.3, -0.25) is 0 Å². The predicted molar refractivity (Wildman–Crippen MR) is 76.7 cm³/mol. The summed E-state index contributed by atoms with van der Waals surface area (Å²) in [5.74, 6) is -0.761. The van der Waals surface area contributed by atoms with E-state index in [0.717, 1.165) is 0 Å². The van der Waals surface area contributed by atoms with Crippen molar-refractivity contribution in [2.24, 2.45) is 5.73 Å². The van der Waals surface area contributed by atoms with E-state index in [9.17, 15) is 8.78 Å². The smallest absolute Gasteiger partial charge is 0.164 e. The minimum Gasteiger partial charge on any atom is -0.493 e. The van der Waals surface area contributed by atoms with Crippen LogP contribution in [0.15, 0.2) is 30.3 Å². The van der Waals surface area contributed by atoms with Gasteiger partial charge in [-0.2, -0.15) is 0 Å². The Morgan fingerprint density at radius 2 is 1.62 bits per heavy atom. The molecule has 0 radical (unpaired) electrons. The predicted octanol–water partition coefficient (Wildman–Crippen LogP) is 3.34. The minimum absolute atomic E-state index is 0.102. The summed E-state index contributed by atoms with van der Waals surface area (Å²) in [6.07, 6.45) is 0. The molecule has 3 nitrogen and oxygen atoms in total. The fraction of sp³-hybridized carbons (Fsp3) is 0.250. The van der Waals surface area contributed by atoms with Gasteiger partial charge in [0.25, 0.3) is 0 Å². The average molecular weight is 293 g/mol. The summed E-state index contributed by atoms with van der Waals surface area (Å²) in [6.45, 7) is 1.50. The first-order valence-corrected chi connectivity index (χ1v) is 6.41. The lowest BCUT2D eigenvalue weighted by Gasteiger charge is -2.16. The highest BCUT2D eigenvalue weighted by Gasteiger charge is 2.19. The molecule has 21 heavy (non-hydrogen) atoms. The van der Waals surface area contributed by atoms with E-state index in [-0.39, 0.29) is 11.1 Å². The Morgan fingerprint density at radius 3 is 2.24 bits per heavy atom. The second kappa shape index (κ2) is 6.10. The summed E-state index contributed by atoms with van der Waals surface area (Å²) in [5.41, 5.74) is 7.00. The third-order valence-corrected chi connectivity index (χ3v) is 3.41. The van der Waals surface area contributed by atoms with E-state index in [2.05, 4.69) is 0 Å². The fourth-order valence-electron chi connectivity index (χ4n) is 2.13. The lowest BCUT2D eigenvalue weighted by atomic mass is 9.97. The first-order chi connectivity index (χ1) is 9.99. The van der Waals surface area contributed by atoms with Gasteiger partial charge in [0.1, 0.15) is 0 Å². The van der Waals surface area contributed by atoms with Gasteiger partial charge in [-0.05, 0) is 30.2 Å². The van der Waals surface area contributed by atoms with Crippen LogP contribution in [0.4, 0.5) is 8.78 Å². The molecule has 112 valence electrons. The standard InChI is InChI=1S/C16H17F2NO2/c1-9-4-6-11(15(18)14(9)17)16(19)10-5-7-12(20-2)13(8-10)21-3/h4-8,16H,19H2,1-3H3. The van der Waals surface area contributed by atoms with Crippen molar-refractivity contribution in [2.75, 3.05) is 14.2 Å². The second-order valence-corrected chi connectivity index (χ2v) is 4.69. The summed E-state index contributed by atoms with van der Waals surface area (Å²) in [5, 5.41) is 0. The number of methoxy groups -OCH3 is 2. The Hall–Kier alpha value is -2.14. The Labute approximate surface area is 122 Å². The molecular formula is C16H17F2NO2. The van der Waals surface area contributed by atoms with E-state index in [1.807, 2.05) is 0 Å². The molecule has 2 aromatic carbocycles. The van der Waals surface area contributed by atoms with E-state index in [1.165, 1.54) is 33.3 Å². The Bertz CT molecular complexity index is 659. The van der Waals surface area contributed by atoms with Crippen molar-refractivity contribution < 1.29 is 18.3 Å². The van der Waals surface area contributed by atoms with E-state index in [0.29, 0.717) is 17.1 Å². The molecule has 0 spiro atoms. The fourth-order valence-corrected chi connectivity index (χ4v) is 2.13. The third kappa shape index (κ3) is 2.83. The van der Waals surface area contributed by atoms with Crippen molar-refractivity contribution in [1.82, 2.24) is 0 Å². The maximum atomic E-state index is 14.0. The van der Waals surface area contributed by atoms with Crippen molar-refractivity contribution in [1.29, 1.82) is 0 Å². The number of ether oxygens (including phenoxy) is 2. The van der Waals surface area contributed by atoms with Crippen LogP contribution in [0.25, 0.3) is 0 Å². The Balaban J connectivity index is 2.45. The molecule has 2 rings (SSSR count). The molecule has 5 heteroatoms. The van der Waals surface area contributed by atoms with Gasteiger partial charge < -0.3 is 15.2 Å². The zero-order valence-electron chi connectivity index (χ0n) is 12.1. The highest BCUT2D eigenvalue weighted by molar-refractivity contribution is 5.46. The number of hydrogen-bond acceptors (Lipinski definition) is 3. The number of halogens is 2. The largest absolute Gasteiger partial charge is 0.493 e. The van der Waals surface area contributed by atoms with E-state index in [1.54, 1.807) is 18.2 Å². The molecule has 0 aliphatic rings. The van der Waals surface area contributed by atoms with Gasteiger partial charge in [0.05, 0.1) is 20.3 Å². The van der Waals surface area contributed by atoms with Gasteiger partial charge in [0.15, 0.2) is 23.1 Å². The van der Waals surface area contributed by atoms with Crippen molar-refractivity contribution in [2.45, 2.75) is 13.0 Å². The molecule has 1 atom stereocenters. The topological polar surface area (TPSA) is 44.5 Å². The van der Waals surface area contributed by atoms with Crippen LogP contribution in [-0.4, -0.2) is 14.2 Å². The summed E-state index contributed by atoms with van der Waals surface area (Å²) in [7, 11) is 3.02. The zero-order chi connectivity index (χ0) is 15.6. The van der Waals surface area contributed by atoms with Crippen molar-refractivity contribution in [3.05, 3.63) is 58.7 Å². The zero-order valence-corrected chi connectivity index (χ0v) is 12.1. The molecule has 0 aliphatic carbocycles. The SMILES string of the molecule is COc1ccc(C(N)c2ccc(C)c(F)c2F)cc1OC. The number of nitrogens with two attached hydrogens (primary N) is 1. The summed E-state index contributed by atoms with van der Waals surface area (Å²) in [4.78, 5) is 0. The molecule has 0 aliphatic heterocycles. The first kappa shape index (κ1) is 15.3. The Kier molecular flexibility index (Phi) is 4.43. The van der Waals surface area contributed by atoms with Gasteiger partial charge >= 0.3 is 0 Å². The maximum Gasteiger partial charge on any atom is 0.164 e.